The van der Waals surface area contributed by atoms with E-state index in [9.17, 15) is 9.90 Å². The second kappa shape index (κ2) is 5.50. The van der Waals surface area contributed by atoms with E-state index in [2.05, 4.69) is 0 Å². The third kappa shape index (κ3) is 2.94. The van der Waals surface area contributed by atoms with Gasteiger partial charge in [0, 0.05) is 0 Å². The zero-order chi connectivity index (χ0) is 12.2. The van der Waals surface area contributed by atoms with Crippen LogP contribution in [0, 0.1) is 17.8 Å². The van der Waals surface area contributed by atoms with Crippen LogP contribution in [0.3, 0.4) is 0 Å². The van der Waals surface area contributed by atoms with Gasteiger partial charge in [-0.1, -0.05) is 27.7 Å². The van der Waals surface area contributed by atoms with Crippen LogP contribution in [-0.2, 0) is 9.53 Å². The van der Waals surface area contributed by atoms with Crippen molar-refractivity contribution in [2.45, 2.75) is 47.1 Å². The molecule has 0 heterocycles. The van der Waals surface area contributed by atoms with Gasteiger partial charge in [0.15, 0.2) is 0 Å². The molecule has 1 atom stereocenters. The summed E-state index contributed by atoms with van der Waals surface area (Å²) in [6, 6.07) is 0. The molecular formula is C12H24O3. The van der Waals surface area contributed by atoms with Crippen LogP contribution in [0.15, 0.2) is 0 Å². The highest BCUT2D eigenvalue weighted by atomic mass is 16.5. The van der Waals surface area contributed by atoms with E-state index in [0.717, 1.165) is 0 Å². The largest absolute Gasteiger partial charge is 0.466 e. The molecule has 0 aromatic heterocycles. The molecule has 0 radical (unpaired) electrons. The van der Waals surface area contributed by atoms with Crippen molar-refractivity contribution in [3.8, 4) is 0 Å². The summed E-state index contributed by atoms with van der Waals surface area (Å²) in [6.07, 6.45) is 0. The predicted molar refractivity (Wildman–Crippen MR) is 60.4 cm³/mol. The highest BCUT2D eigenvalue weighted by Gasteiger charge is 2.44. The van der Waals surface area contributed by atoms with Crippen molar-refractivity contribution in [1.82, 2.24) is 0 Å². The van der Waals surface area contributed by atoms with E-state index in [-0.39, 0.29) is 17.8 Å². The van der Waals surface area contributed by atoms with Crippen molar-refractivity contribution in [3.05, 3.63) is 0 Å². The van der Waals surface area contributed by atoms with Gasteiger partial charge in [0.1, 0.15) is 0 Å². The summed E-state index contributed by atoms with van der Waals surface area (Å²) >= 11 is 0. The molecule has 3 nitrogen and oxygen atoms in total. The van der Waals surface area contributed by atoms with Gasteiger partial charge >= 0.3 is 5.97 Å². The van der Waals surface area contributed by atoms with Crippen LogP contribution in [0.5, 0.6) is 0 Å². The summed E-state index contributed by atoms with van der Waals surface area (Å²) in [7, 11) is 0. The van der Waals surface area contributed by atoms with Crippen LogP contribution >= 0.6 is 0 Å². The predicted octanol–water partition coefficient (Wildman–Crippen LogP) is 2.23. The number of ether oxygens (including phenoxy) is 1. The summed E-state index contributed by atoms with van der Waals surface area (Å²) in [5, 5.41) is 10.5. The molecule has 0 aromatic carbocycles. The summed E-state index contributed by atoms with van der Waals surface area (Å²) in [5.41, 5.74) is -0.994. The van der Waals surface area contributed by atoms with Gasteiger partial charge in [-0.05, 0) is 25.7 Å². The fourth-order valence-corrected chi connectivity index (χ4v) is 2.12. The maximum atomic E-state index is 11.6. The molecule has 0 aromatic rings. The maximum absolute atomic E-state index is 11.6. The zero-order valence-corrected chi connectivity index (χ0v) is 10.7. The van der Waals surface area contributed by atoms with E-state index in [4.69, 9.17) is 4.74 Å². The fraction of sp³-hybridized carbons (Fsp3) is 0.917. The Kier molecular flexibility index (Phi) is 5.29. The van der Waals surface area contributed by atoms with Crippen LogP contribution in [0.1, 0.15) is 41.5 Å². The first-order valence-electron chi connectivity index (χ1n) is 5.67. The molecule has 3 heteroatoms. The standard InChI is InChI=1S/C12H24O3/c1-7-15-11(13)10(6)12(14,8(2)3)9(4)5/h8-10,14H,7H2,1-6H3. The number of carbonyl (C=O) groups is 1. The van der Waals surface area contributed by atoms with Gasteiger partial charge in [0.05, 0.1) is 18.1 Å². The number of rotatable bonds is 5. The quantitative estimate of drug-likeness (QED) is 0.717. The van der Waals surface area contributed by atoms with E-state index >= 15 is 0 Å². The molecule has 0 amide bonds. The Hall–Kier alpha value is -0.570. The van der Waals surface area contributed by atoms with E-state index in [1.54, 1.807) is 13.8 Å². The minimum Gasteiger partial charge on any atom is -0.466 e. The van der Waals surface area contributed by atoms with E-state index in [1.165, 1.54) is 0 Å². The molecule has 1 N–H and O–H groups in total. The lowest BCUT2D eigenvalue weighted by Crippen LogP contribution is -2.50. The lowest BCUT2D eigenvalue weighted by atomic mass is 9.72. The molecule has 15 heavy (non-hydrogen) atoms. The van der Waals surface area contributed by atoms with Gasteiger partial charge in [0.2, 0.25) is 0 Å². The van der Waals surface area contributed by atoms with Crippen molar-refractivity contribution in [3.63, 3.8) is 0 Å². The van der Waals surface area contributed by atoms with Gasteiger partial charge in [-0.25, -0.2) is 0 Å². The molecule has 0 aliphatic rings. The number of carbonyl (C=O) groups excluding carboxylic acids is 1. The molecule has 0 bridgehead atoms. The Morgan fingerprint density at radius 1 is 1.20 bits per heavy atom. The lowest BCUT2D eigenvalue weighted by molar-refractivity contribution is -0.166. The average molecular weight is 216 g/mol. The second-order valence-electron chi connectivity index (χ2n) is 4.67. The first-order chi connectivity index (χ1) is 6.78. The molecule has 0 spiro atoms. The molecule has 0 saturated heterocycles. The van der Waals surface area contributed by atoms with Crippen molar-refractivity contribution in [1.29, 1.82) is 0 Å². The van der Waals surface area contributed by atoms with Gasteiger partial charge < -0.3 is 9.84 Å². The van der Waals surface area contributed by atoms with Crippen molar-refractivity contribution >= 4 is 5.97 Å². The van der Waals surface area contributed by atoms with E-state index in [1.807, 2.05) is 27.7 Å². The topological polar surface area (TPSA) is 46.5 Å². The molecule has 0 aliphatic carbocycles. The molecule has 90 valence electrons. The number of aliphatic hydroxyl groups is 1. The highest BCUT2D eigenvalue weighted by molar-refractivity contribution is 5.73. The minimum absolute atomic E-state index is 0.0249. The smallest absolute Gasteiger partial charge is 0.311 e. The first kappa shape index (κ1) is 14.4. The van der Waals surface area contributed by atoms with Crippen molar-refractivity contribution < 1.29 is 14.6 Å². The number of hydrogen-bond acceptors (Lipinski definition) is 3. The van der Waals surface area contributed by atoms with Gasteiger partial charge in [-0.3, -0.25) is 4.79 Å². The Morgan fingerprint density at radius 3 is 1.87 bits per heavy atom. The molecule has 1 unspecified atom stereocenters. The summed E-state index contributed by atoms with van der Waals surface area (Å²) in [6.45, 7) is 11.6. The maximum Gasteiger partial charge on any atom is 0.311 e. The highest BCUT2D eigenvalue weighted by Crippen LogP contribution is 2.34. The van der Waals surface area contributed by atoms with Crippen LogP contribution in [0.4, 0.5) is 0 Å². The monoisotopic (exact) mass is 216 g/mol. The summed E-state index contributed by atoms with van der Waals surface area (Å²) in [5.74, 6) is -0.756. The molecule has 0 saturated carbocycles. The zero-order valence-electron chi connectivity index (χ0n) is 10.7. The minimum atomic E-state index is -0.994. The Balaban J connectivity index is 4.86. The van der Waals surface area contributed by atoms with Crippen LogP contribution in [0.25, 0.3) is 0 Å². The second-order valence-corrected chi connectivity index (χ2v) is 4.67. The lowest BCUT2D eigenvalue weighted by Gasteiger charge is -2.40. The average Bonchev–Trinajstić information content (AvgIpc) is 2.15. The Labute approximate surface area is 92.8 Å². The van der Waals surface area contributed by atoms with Gasteiger partial charge in [-0.2, -0.15) is 0 Å². The van der Waals surface area contributed by atoms with E-state index < -0.39 is 11.5 Å². The third-order valence-electron chi connectivity index (χ3n) is 3.18. The summed E-state index contributed by atoms with van der Waals surface area (Å²) in [4.78, 5) is 11.6. The third-order valence-corrected chi connectivity index (χ3v) is 3.18. The molecule has 0 rings (SSSR count). The van der Waals surface area contributed by atoms with Gasteiger partial charge in [-0.15, -0.1) is 0 Å². The number of hydrogen-bond donors (Lipinski definition) is 1. The van der Waals surface area contributed by atoms with Crippen molar-refractivity contribution in [2.24, 2.45) is 17.8 Å². The van der Waals surface area contributed by atoms with Crippen LogP contribution < -0.4 is 0 Å². The fourth-order valence-electron chi connectivity index (χ4n) is 2.12. The van der Waals surface area contributed by atoms with Gasteiger partial charge in [0.25, 0.3) is 0 Å². The molecule has 0 fully saturated rings. The summed E-state index contributed by atoms with van der Waals surface area (Å²) < 4.78 is 4.95. The SMILES string of the molecule is CCOC(=O)C(C)C(O)(C(C)C)C(C)C. The Bertz CT molecular complexity index is 201. The first-order valence-corrected chi connectivity index (χ1v) is 5.67. The molecule has 0 aliphatic heterocycles. The van der Waals surface area contributed by atoms with Crippen LogP contribution in [0.2, 0.25) is 0 Å². The molecular weight excluding hydrogens is 192 g/mol. The van der Waals surface area contributed by atoms with Crippen LogP contribution in [-0.4, -0.2) is 23.3 Å². The number of esters is 1. The Morgan fingerprint density at radius 2 is 1.60 bits per heavy atom. The van der Waals surface area contributed by atoms with Crippen molar-refractivity contribution in [2.75, 3.05) is 6.61 Å². The van der Waals surface area contributed by atoms with E-state index in [0.29, 0.717) is 6.61 Å². The normalized spacial score (nSPS) is 14.5.